The molecule has 48 heavy (non-hydrogen) atoms. The van der Waals surface area contributed by atoms with Crippen molar-refractivity contribution in [2.75, 3.05) is 26.8 Å². The number of halogens is 5. The third-order valence-electron chi connectivity index (χ3n) is 8.29. The molecule has 2 aromatic heterocycles. The van der Waals surface area contributed by atoms with Crippen LogP contribution in [0.1, 0.15) is 55.1 Å². The minimum Gasteiger partial charge on any atom is -0.493 e. The minimum atomic E-state index is -4.44. The second-order valence-corrected chi connectivity index (χ2v) is 12.0. The number of carbonyl (C=O) groups is 1. The summed E-state index contributed by atoms with van der Waals surface area (Å²) in [6, 6.07) is 19.6. The van der Waals surface area contributed by atoms with Crippen molar-refractivity contribution in [3.63, 3.8) is 0 Å². The molecule has 0 bridgehead atoms. The van der Waals surface area contributed by atoms with E-state index in [2.05, 4.69) is 26.3 Å². The van der Waals surface area contributed by atoms with E-state index in [0.717, 1.165) is 46.9 Å². The Kier molecular flexibility index (Phi) is 13.0. The number of hydrogen-bond acceptors (Lipinski definition) is 5. The number of aromatic nitrogens is 3. The Bertz CT molecular complexity index is 1860. The van der Waals surface area contributed by atoms with Crippen LogP contribution in [-0.2, 0) is 36.5 Å². The van der Waals surface area contributed by atoms with Gasteiger partial charge in [-0.05, 0) is 63.2 Å². The lowest BCUT2D eigenvalue weighted by atomic mass is 9.97. The lowest BCUT2D eigenvalue weighted by Gasteiger charge is -2.15. The van der Waals surface area contributed by atoms with E-state index in [-0.39, 0.29) is 26.1 Å². The molecule has 2 heterocycles. The summed E-state index contributed by atoms with van der Waals surface area (Å²) >= 11 is 3.49. The van der Waals surface area contributed by atoms with Crippen molar-refractivity contribution < 1.29 is 28.9 Å². The molecule has 0 aliphatic rings. The fourth-order valence-electron chi connectivity index (χ4n) is 6.31. The molecule has 0 saturated carbocycles. The van der Waals surface area contributed by atoms with Crippen molar-refractivity contribution in [2.24, 2.45) is 7.05 Å². The van der Waals surface area contributed by atoms with E-state index in [1.165, 1.54) is 4.68 Å². The van der Waals surface area contributed by atoms with Crippen LogP contribution in [0.4, 0.5) is 13.2 Å². The van der Waals surface area contributed by atoms with Crippen LogP contribution in [0.3, 0.4) is 0 Å². The monoisotopic (exact) mass is 750 g/mol. The van der Waals surface area contributed by atoms with Crippen molar-refractivity contribution in [3.05, 3.63) is 83.3 Å². The number of carbonyl (C=O) groups excluding carboxylic acids is 1. The number of alkyl halides is 4. The molecular weight excluding hydrogens is 709 g/mol. The van der Waals surface area contributed by atoms with E-state index in [1.807, 2.05) is 72.3 Å². The van der Waals surface area contributed by atoms with Crippen LogP contribution >= 0.6 is 28.3 Å². The van der Waals surface area contributed by atoms with Gasteiger partial charge in [0.15, 0.2) is 0 Å². The third-order valence-corrected chi connectivity index (χ3v) is 8.83. The zero-order valence-corrected chi connectivity index (χ0v) is 29.7. The van der Waals surface area contributed by atoms with Crippen molar-refractivity contribution in [1.29, 1.82) is 0 Å². The molecule has 3 aromatic carbocycles. The maximum atomic E-state index is 13.8. The smallest absolute Gasteiger partial charge is 0.394 e. The SMILES string of the molecule is CCOC(=O)c1c(CCCOc2cccc3ccccc23)c2cccc(-c3c(CC(F)(F)F)nn(C)c3CBr)c2n1CCCCNC.Cl.[HH]. The van der Waals surface area contributed by atoms with Gasteiger partial charge in [0.05, 0.1) is 36.5 Å². The van der Waals surface area contributed by atoms with Crippen LogP contribution in [0.15, 0.2) is 60.7 Å². The predicted molar refractivity (Wildman–Crippen MR) is 193 cm³/mol. The van der Waals surface area contributed by atoms with Crippen molar-refractivity contribution >= 4 is 56.0 Å². The Morgan fingerprint density at radius 2 is 1.75 bits per heavy atom. The number of fused-ring (bicyclic) bond motifs is 2. The van der Waals surface area contributed by atoms with Gasteiger partial charge >= 0.3 is 12.1 Å². The van der Waals surface area contributed by atoms with Gasteiger partial charge in [0.25, 0.3) is 0 Å². The molecule has 5 rings (SSSR count). The number of aryl methyl sites for hydroxylation is 3. The average molecular weight is 752 g/mol. The zero-order valence-electron chi connectivity index (χ0n) is 27.3. The number of nitrogens with zero attached hydrogens (tertiary/aromatic N) is 3. The van der Waals surface area contributed by atoms with Crippen LogP contribution in [0.5, 0.6) is 5.75 Å². The highest BCUT2D eigenvalue weighted by Gasteiger charge is 2.34. The summed E-state index contributed by atoms with van der Waals surface area (Å²) in [6.07, 6.45) is -2.88. The van der Waals surface area contributed by atoms with Gasteiger partial charge in [0.2, 0.25) is 0 Å². The molecule has 7 nitrogen and oxygen atoms in total. The van der Waals surface area contributed by atoms with Crippen LogP contribution in [0, 0.1) is 0 Å². The van der Waals surface area contributed by atoms with Gasteiger partial charge in [-0.15, -0.1) is 12.4 Å². The fourth-order valence-corrected chi connectivity index (χ4v) is 6.96. The van der Waals surface area contributed by atoms with E-state index in [9.17, 15) is 18.0 Å². The number of nitrogens with one attached hydrogen (secondary N) is 1. The molecule has 5 aromatic rings. The van der Waals surface area contributed by atoms with E-state index in [0.29, 0.717) is 59.4 Å². The third kappa shape index (κ3) is 8.18. The van der Waals surface area contributed by atoms with E-state index >= 15 is 0 Å². The maximum Gasteiger partial charge on any atom is 0.394 e. The van der Waals surface area contributed by atoms with E-state index in [4.69, 9.17) is 9.47 Å². The van der Waals surface area contributed by atoms with Crippen molar-refractivity contribution in [2.45, 2.75) is 57.1 Å². The molecule has 1 N–H and O–H groups in total. The molecule has 260 valence electrons. The van der Waals surface area contributed by atoms with Gasteiger partial charge in [0.1, 0.15) is 11.4 Å². The molecule has 0 fully saturated rings. The summed E-state index contributed by atoms with van der Waals surface area (Å²) in [5, 5.41) is 10.7. The molecule has 0 atom stereocenters. The molecular formula is C36H43BrClF3N4O3. The second kappa shape index (κ2) is 16.7. The quantitative estimate of drug-likeness (QED) is 0.0657. The molecule has 0 aliphatic heterocycles. The number of unbranched alkanes of at least 4 members (excludes halogenated alkanes) is 1. The molecule has 0 saturated heterocycles. The summed E-state index contributed by atoms with van der Waals surface area (Å²) in [5.41, 5.74) is 3.57. The standard InChI is InChI=1S/C36H40BrF3N4O3.ClH.H2/c1-4-46-35(45)34-27(17-11-21-47-31-18-9-13-24-12-5-6-14-25(24)31)26-15-10-16-28(33(26)44(34)20-8-7-19-41-2)32-29(22-36(38,39)40)42-43(3)30(32)23-37;;/h5-6,9-10,12-16,18,41H,4,7-8,11,17,19-23H2,1-3H3;2*1H. The summed E-state index contributed by atoms with van der Waals surface area (Å²) < 4.78 is 56.7. The number of esters is 1. The van der Waals surface area contributed by atoms with Gasteiger partial charge < -0.3 is 19.4 Å². The minimum absolute atomic E-state index is 0. The number of rotatable bonds is 15. The van der Waals surface area contributed by atoms with Crippen LogP contribution < -0.4 is 10.1 Å². The van der Waals surface area contributed by atoms with Gasteiger partial charge in [-0.25, -0.2) is 4.79 Å². The number of para-hydroxylation sites is 1. The lowest BCUT2D eigenvalue weighted by molar-refractivity contribution is -0.127. The first-order valence-electron chi connectivity index (χ1n) is 15.9. The largest absolute Gasteiger partial charge is 0.493 e. The molecule has 0 spiro atoms. The van der Waals surface area contributed by atoms with Crippen LogP contribution in [-0.4, -0.2) is 53.3 Å². The first-order valence-corrected chi connectivity index (χ1v) is 17.0. The van der Waals surface area contributed by atoms with Crippen molar-refractivity contribution in [3.8, 4) is 16.9 Å². The first kappa shape index (κ1) is 37.3. The molecule has 0 aliphatic carbocycles. The highest BCUT2D eigenvalue weighted by atomic mass is 79.9. The molecule has 0 radical (unpaired) electrons. The summed E-state index contributed by atoms with van der Waals surface area (Å²) in [4.78, 5) is 13.7. The lowest BCUT2D eigenvalue weighted by Crippen LogP contribution is -2.16. The zero-order chi connectivity index (χ0) is 33.6. The van der Waals surface area contributed by atoms with Gasteiger partial charge in [-0.1, -0.05) is 70.5 Å². The van der Waals surface area contributed by atoms with Gasteiger partial charge in [-0.2, -0.15) is 18.3 Å². The molecule has 0 unspecified atom stereocenters. The Balaban J connectivity index is 0.00000325. The first-order chi connectivity index (χ1) is 22.7. The maximum absolute atomic E-state index is 13.8. The second-order valence-electron chi connectivity index (χ2n) is 11.5. The Labute approximate surface area is 294 Å². The number of ether oxygens (including phenoxy) is 2. The van der Waals surface area contributed by atoms with Gasteiger partial charge in [-0.3, -0.25) is 4.68 Å². The van der Waals surface area contributed by atoms with Gasteiger partial charge in [0, 0.05) is 42.2 Å². The highest BCUT2D eigenvalue weighted by Crippen LogP contribution is 2.40. The summed E-state index contributed by atoms with van der Waals surface area (Å²) in [6.45, 7) is 3.67. The Hall–Kier alpha value is -3.54. The summed E-state index contributed by atoms with van der Waals surface area (Å²) in [7, 11) is 3.54. The average Bonchev–Trinajstić information content (AvgIpc) is 3.53. The highest BCUT2D eigenvalue weighted by molar-refractivity contribution is 9.08. The predicted octanol–water partition coefficient (Wildman–Crippen LogP) is 9.05. The Morgan fingerprint density at radius 3 is 2.48 bits per heavy atom. The van der Waals surface area contributed by atoms with E-state index < -0.39 is 18.6 Å². The fraction of sp³-hybridized carbons (Fsp3) is 0.389. The normalized spacial score (nSPS) is 11.6. The Morgan fingerprint density at radius 1 is 1.02 bits per heavy atom. The topological polar surface area (TPSA) is 70.3 Å². The molecule has 12 heteroatoms. The van der Waals surface area contributed by atoms with Crippen LogP contribution in [0.25, 0.3) is 32.8 Å². The van der Waals surface area contributed by atoms with Crippen molar-refractivity contribution in [1.82, 2.24) is 19.7 Å². The molecule has 0 amide bonds. The number of benzene rings is 3. The number of hydrogen-bond donors (Lipinski definition) is 1. The van der Waals surface area contributed by atoms with Crippen LogP contribution in [0.2, 0.25) is 0 Å². The summed E-state index contributed by atoms with van der Waals surface area (Å²) in [5.74, 6) is 0.342. The van der Waals surface area contributed by atoms with E-state index in [1.54, 1.807) is 14.0 Å².